The Labute approximate surface area is 164 Å². The fourth-order valence-electron chi connectivity index (χ4n) is 2.87. The first kappa shape index (κ1) is 21.3. The van der Waals surface area contributed by atoms with Gasteiger partial charge in [0.2, 0.25) is 0 Å². The van der Waals surface area contributed by atoms with Gasteiger partial charge < -0.3 is 19.7 Å². The predicted molar refractivity (Wildman–Crippen MR) is 105 cm³/mol. The quantitative estimate of drug-likeness (QED) is 0.638. The summed E-state index contributed by atoms with van der Waals surface area (Å²) in [6, 6.07) is 10.1. The summed E-state index contributed by atoms with van der Waals surface area (Å²) in [5, 5.41) is 20.6. The van der Waals surface area contributed by atoms with Gasteiger partial charge >= 0.3 is 11.9 Å². The molecule has 0 atom stereocenters. The maximum atomic E-state index is 11.6. The molecule has 6 heteroatoms. The number of phenolic OH excluding ortho intramolecular Hbond substituents is 2. The molecule has 0 saturated carbocycles. The van der Waals surface area contributed by atoms with E-state index in [2.05, 4.69) is 0 Å². The summed E-state index contributed by atoms with van der Waals surface area (Å²) in [7, 11) is 0. The van der Waals surface area contributed by atoms with Gasteiger partial charge in [-0.15, -0.1) is 0 Å². The van der Waals surface area contributed by atoms with E-state index in [9.17, 15) is 19.8 Å². The van der Waals surface area contributed by atoms with Crippen LogP contribution in [0.5, 0.6) is 11.5 Å². The number of rotatable bonds is 9. The third kappa shape index (κ3) is 6.01. The van der Waals surface area contributed by atoms with E-state index in [1.807, 2.05) is 0 Å². The second-order valence-electron chi connectivity index (χ2n) is 6.31. The van der Waals surface area contributed by atoms with Crippen LogP contribution in [0.25, 0.3) is 11.1 Å². The minimum absolute atomic E-state index is 0.0257. The third-order valence-corrected chi connectivity index (χ3v) is 4.26. The first-order valence-electron chi connectivity index (χ1n) is 9.40. The van der Waals surface area contributed by atoms with E-state index in [4.69, 9.17) is 9.47 Å². The zero-order chi connectivity index (χ0) is 20.5. The van der Waals surface area contributed by atoms with Crippen molar-refractivity contribution in [3.8, 4) is 22.6 Å². The monoisotopic (exact) mass is 386 g/mol. The Kier molecular flexibility index (Phi) is 7.87. The van der Waals surface area contributed by atoms with Gasteiger partial charge in [-0.3, -0.25) is 9.59 Å². The molecule has 2 rings (SSSR count). The molecule has 2 N–H and O–H groups in total. The average molecular weight is 386 g/mol. The lowest BCUT2D eigenvalue weighted by Crippen LogP contribution is -2.05. The minimum Gasteiger partial charge on any atom is -0.507 e. The van der Waals surface area contributed by atoms with Gasteiger partial charge in [0, 0.05) is 24.0 Å². The Morgan fingerprint density at radius 1 is 0.750 bits per heavy atom. The molecule has 150 valence electrons. The Bertz CT molecular complexity index is 758. The number of aryl methyl sites for hydroxylation is 2. The SMILES string of the molecule is CCOC(=O)CCc1ccc(O)c(-c2cc(CCC(=O)OCC)ccc2O)c1. The molecule has 0 aliphatic carbocycles. The lowest BCUT2D eigenvalue weighted by atomic mass is 9.96. The van der Waals surface area contributed by atoms with Crippen molar-refractivity contribution in [3.63, 3.8) is 0 Å². The van der Waals surface area contributed by atoms with E-state index in [-0.39, 0.29) is 36.3 Å². The highest BCUT2D eigenvalue weighted by Crippen LogP contribution is 2.37. The van der Waals surface area contributed by atoms with Crippen LogP contribution in [-0.4, -0.2) is 35.4 Å². The average Bonchev–Trinajstić information content (AvgIpc) is 2.67. The van der Waals surface area contributed by atoms with Crippen LogP contribution in [0.1, 0.15) is 37.8 Å². The standard InChI is InChI=1S/C22H26O6/c1-3-27-21(25)11-7-15-5-9-19(23)17(13-15)18-14-16(6-10-20(18)24)8-12-22(26)28-4-2/h5-6,9-10,13-14,23-24H,3-4,7-8,11-12H2,1-2H3. The van der Waals surface area contributed by atoms with Crippen LogP contribution in [0.15, 0.2) is 36.4 Å². The summed E-state index contributed by atoms with van der Waals surface area (Å²) < 4.78 is 9.87. The highest BCUT2D eigenvalue weighted by Gasteiger charge is 2.13. The number of ether oxygens (including phenoxy) is 2. The van der Waals surface area contributed by atoms with Crippen LogP contribution in [-0.2, 0) is 31.9 Å². The zero-order valence-corrected chi connectivity index (χ0v) is 16.2. The van der Waals surface area contributed by atoms with Gasteiger partial charge in [0.25, 0.3) is 0 Å². The molecule has 0 aliphatic rings. The molecule has 0 saturated heterocycles. The van der Waals surface area contributed by atoms with Crippen molar-refractivity contribution < 1.29 is 29.3 Å². The molecule has 0 radical (unpaired) electrons. The van der Waals surface area contributed by atoms with Crippen molar-refractivity contribution in [1.82, 2.24) is 0 Å². The van der Waals surface area contributed by atoms with Crippen LogP contribution >= 0.6 is 0 Å². The number of benzene rings is 2. The zero-order valence-electron chi connectivity index (χ0n) is 16.2. The number of esters is 2. The fourth-order valence-corrected chi connectivity index (χ4v) is 2.87. The molecule has 2 aromatic rings. The van der Waals surface area contributed by atoms with Crippen molar-refractivity contribution >= 4 is 11.9 Å². The van der Waals surface area contributed by atoms with E-state index in [1.165, 1.54) is 0 Å². The van der Waals surface area contributed by atoms with Gasteiger partial charge in [-0.2, -0.15) is 0 Å². The van der Waals surface area contributed by atoms with E-state index in [1.54, 1.807) is 50.2 Å². The number of hydrogen-bond donors (Lipinski definition) is 2. The third-order valence-electron chi connectivity index (χ3n) is 4.26. The van der Waals surface area contributed by atoms with Crippen molar-refractivity contribution in [2.24, 2.45) is 0 Å². The molecule has 0 heterocycles. The molecule has 2 aromatic carbocycles. The van der Waals surface area contributed by atoms with Crippen LogP contribution in [0, 0.1) is 0 Å². The van der Waals surface area contributed by atoms with Gasteiger partial charge in [-0.1, -0.05) is 12.1 Å². The van der Waals surface area contributed by atoms with Crippen molar-refractivity contribution in [2.75, 3.05) is 13.2 Å². The molecule has 0 amide bonds. The second kappa shape index (κ2) is 10.3. The molecule has 0 aliphatic heterocycles. The van der Waals surface area contributed by atoms with Crippen molar-refractivity contribution in [1.29, 1.82) is 0 Å². The highest BCUT2D eigenvalue weighted by atomic mass is 16.5. The van der Waals surface area contributed by atoms with Crippen LogP contribution in [0.3, 0.4) is 0 Å². The molecule has 0 fully saturated rings. The molecule has 0 unspecified atom stereocenters. The number of carbonyl (C=O) groups is 2. The van der Waals surface area contributed by atoms with Gasteiger partial charge in [-0.05, 0) is 62.1 Å². The smallest absolute Gasteiger partial charge is 0.306 e. The summed E-state index contributed by atoms with van der Waals surface area (Å²) in [5.74, 6) is -0.502. The van der Waals surface area contributed by atoms with Gasteiger partial charge in [0.15, 0.2) is 0 Å². The van der Waals surface area contributed by atoms with E-state index in [0.717, 1.165) is 11.1 Å². The Balaban J connectivity index is 2.20. The van der Waals surface area contributed by atoms with Crippen LogP contribution < -0.4 is 0 Å². The number of aromatic hydroxyl groups is 2. The molecular formula is C22H26O6. The Hall–Kier alpha value is -3.02. The summed E-state index contributed by atoms with van der Waals surface area (Å²) in [5.41, 5.74) is 2.63. The van der Waals surface area contributed by atoms with Gasteiger partial charge in [0.1, 0.15) is 11.5 Å². The lowest BCUT2D eigenvalue weighted by Gasteiger charge is -2.12. The Morgan fingerprint density at radius 3 is 1.50 bits per heavy atom. The van der Waals surface area contributed by atoms with E-state index < -0.39 is 0 Å². The first-order chi connectivity index (χ1) is 13.4. The van der Waals surface area contributed by atoms with E-state index >= 15 is 0 Å². The molecule has 28 heavy (non-hydrogen) atoms. The molecular weight excluding hydrogens is 360 g/mol. The highest BCUT2D eigenvalue weighted by molar-refractivity contribution is 5.77. The maximum Gasteiger partial charge on any atom is 0.306 e. The topological polar surface area (TPSA) is 93.1 Å². The second-order valence-corrected chi connectivity index (χ2v) is 6.31. The van der Waals surface area contributed by atoms with Crippen molar-refractivity contribution in [3.05, 3.63) is 47.5 Å². The minimum atomic E-state index is -0.277. The Morgan fingerprint density at radius 2 is 1.14 bits per heavy atom. The predicted octanol–water partition coefficient (Wildman–Crippen LogP) is 3.76. The summed E-state index contributed by atoms with van der Waals surface area (Å²) in [6.45, 7) is 4.20. The summed E-state index contributed by atoms with van der Waals surface area (Å²) in [6.07, 6.45) is 1.41. The van der Waals surface area contributed by atoms with Gasteiger partial charge in [0.05, 0.1) is 13.2 Å². The molecule has 0 bridgehead atoms. The number of hydrogen-bond acceptors (Lipinski definition) is 6. The summed E-state index contributed by atoms with van der Waals surface area (Å²) in [4.78, 5) is 23.1. The maximum absolute atomic E-state index is 11.6. The van der Waals surface area contributed by atoms with Gasteiger partial charge in [-0.25, -0.2) is 0 Å². The molecule has 0 aromatic heterocycles. The normalized spacial score (nSPS) is 10.5. The largest absolute Gasteiger partial charge is 0.507 e. The molecule has 6 nitrogen and oxygen atoms in total. The number of phenols is 2. The van der Waals surface area contributed by atoms with E-state index in [0.29, 0.717) is 37.2 Å². The van der Waals surface area contributed by atoms with Crippen LogP contribution in [0.2, 0.25) is 0 Å². The van der Waals surface area contributed by atoms with Crippen molar-refractivity contribution in [2.45, 2.75) is 39.5 Å². The molecule has 0 spiro atoms. The number of carbonyl (C=O) groups excluding carboxylic acids is 2. The lowest BCUT2D eigenvalue weighted by molar-refractivity contribution is -0.144. The first-order valence-corrected chi connectivity index (χ1v) is 9.40. The summed E-state index contributed by atoms with van der Waals surface area (Å²) >= 11 is 0. The van der Waals surface area contributed by atoms with Crippen LogP contribution in [0.4, 0.5) is 0 Å². The fraction of sp³-hybridized carbons (Fsp3) is 0.364.